The van der Waals surface area contributed by atoms with E-state index in [4.69, 9.17) is 0 Å². The third-order valence-electron chi connectivity index (χ3n) is 5.18. The van der Waals surface area contributed by atoms with Gasteiger partial charge in [0.2, 0.25) is 15.9 Å². The second kappa shape index (κ2) is 9.82. The number of aromatic nitrogens is 1. The summed E-state index contributed by atoms with van der Waals surface area (Å²) in [6.45, 7) is 4.18. The fraction of sp³-hybridized carbons (Fsp3) is 0.524. The average molecular weight is 436 g/mol. The first kappa shape index (κ1) is 21.9. The van der Waals surface area contributed by atoms with Gasteiger partial charge in [-0.15, -0.1) is 11.3 Å². The Kier molecular flexibility index (Phi) is 7.43. The lowest BCUT2D eigenvalue weighted by molar-refractivity contribution is -0.121. The average Bonchev–Trinajstić information content (AvgIpc) is 3.15. The number of hydrogen-bond donors (Lipinski definition) is 2. The van der Waals surface area contributed by atoms with Crippen molar-refractivity contribution in [2.45, 2.75) is 69.7 Å². The summed E-state index contributed by atoms with van der Waals surface area (Å²) in [6.07, 6.45) is 5.73. The summed E-state index contributed by atoms with van der Waals surface area (Å²) in [5.74, 6) is -0.0855. The summed E-state index contributed by atoms with van der Waals surface area (Å²) in [5, 5.41) is 5.87. The van der Waals surface area contributed by atoms with Gasteiger partial charge in [-0.1, -0.05) is 13.0 Å². The van der Waals surface area contributed by atoms with Crippen molar-refractivity contribution in [1.29, 1.82) is 0 Å². The maximum Gasteiger partial charge on any atom is 0.240 e. The van der Waals surface area contributed by atoms with Gasteiger partial charge in [0.05, 0.1) is 10.9 Å². The predicted octanol–water partition coefficient (Wildman–Crippen LogP) is 3.66. The number of thiazole rings is 1. The predicted molar refractivity (Wildman–Crippen MR) is 116 cm³/mol. The van der Waals surface area contributed by atoms with Crippen molar-refractivity contribution in [3.63, 3.8) is 0 Å². The number of nitrogens with zero attached hydrogens (tertiary/aromatic N) is 1. The minimum atomic E-state index is -3.55. The molecule has 1 aliphatic rings. The second-order valence-electron chi connectivity index (χ2n) is 7.49. The SMILES string of the molecule is CCC(NC(=O)CCCNS(=O)(=O)c1ccc2c(c1)CCCC2)c1nc(C)cs1. The highest BCUT2D eigenvalue weighted by atomic mass is 32.2. The van der Waals surface area contributed by atoms with Gasteiger partial charge in [0.1, 0.15) is 5.01 Å². The van der Waals surface area contributed by atoms with E-state index < -0.39 is 10.0 Å². The monoisotopic (exact) mass is 435 g/mol. The highest BCUT2D eigenvalue weighted by Gasteiger charge is 2.18. The van der Waals surface area contributed by atoms with Crippen LogP contribution in [0.2, 0.25) is 0 Å². The fourth-order valence-electron chi connectivity index (χ4n) is 3.55. The Balaban J connectivity index is 1.47. The van der Waals surface area contributed by atoms with Crippen molar-refractivity contribution in [2.75, 3.05) is 6.54 Å². The molecule has 1 heterocycles. The lowest BCUT2D eigenvalue weighted by Crippen LogP contribution is -2.30. The molecule has 1 amide bonds. The fourth-order valence-corrected chi connectivity index (χ4v) is 5.61. The van der Waals surface area contributed by atoms with Gasteiger partial charge in [-0.3, -0.25) is 4.79 Å². The highest BCUT2D eigenvalue weighted by Crippen LogP contribution is 2.24. The van der Waals surface area contributed by atoms with E-state index in [2.05, 4.69) is 15.0 Å². The molecule has 6 nitrogen and oxygen atoms in total. The van der Waals surface area contributed by atoms with E-state index in [1.54, 1.807) is 23.5 Å². The number of aryl methyl sites for hydroxylation is 3. The number of amides is 1. The summed E-state index contributed by atoms with van der Waals surface area (Å²) in [4.78, 5) is 17.0. The van der Waals surface area contributed by atoms with Crippen LogP contribution in [0, 0.1) is 6.92 Å². The Hall–Kier alpha value is -1.77. The number of sulfonamides is 1. The number of carbonyl (C=O) groups is 1. The molecule has 1 aromatic carbocycles. The molecule has 0 bridgehead atoms. The Morgan fingerprint density at radius 3 is 2.69 bits per heavy atom. The molecule has 0 aliphatic heterocycles. The van der Waals surface area contributed by atoms with E-state index in [1.165, 1.54) is 12.0 Å². The molecule has 0 fully saturated rings. The molecule has 1 aromatic heterocycles. The van der Waals surface area contributed by atoms with Crippen LogP contribution in [-0.2, 0) is 27.7 Å². The lowest BCUT2D eigenvalue weighted by Gasteiger charge is -2.17. The van der Waals surface area contributed by atoms with Gasteiger partial charge in [-0.2, -0.15) is 0 Å². The standard InChI is InChI=1S/C21H29N3O3S2/c1-3-19(21-23-15(2)14-28-21)24-20(25)9-6-12-22-29(26,27)18-11-10-16-7-4-5-8-17(16)13-18/h10-11,13-14,19,22H,3-9,12H2,1-2H3,(H,24,25). The summed E-state index contributed by atoms with van der Waals surface area (Å²) in [5.41, 5.74) is 3.35. The molecule has 1 unspecified atom stereocenters. The van der Waals surface area contributed by atoms with Crippen molar-refractivity contribution in [3.05, 3.63) is 45.4 Å². The van der Waals surface area contributed by atoms with Gasteiger partial charge in [0.15, 0.2) is 0 Å². The van der Waals surface area contributed by atoms with Crippen LogP contribution in [0.15, 0.2) is 28.5 Å². The third-order valence-corrected chi connectivity index (χ3v) is 7.72. The van der Waals surface area contributed by atoms with Crippen LogP contribution in [0.25, 0.3) is 0 Å². The Morgan fingerprint density at radius 2 is 2.00 bits per heavy atom. The maximum absolute atomic E-state index is 12.6. The number of nitrogens with one attached hydrogen (secondary N) is 2. The smallest absolute Gasteiger partial charge is 0.240 e. The quantitative estimate of drug-likeness (QED) is 0.589. The third kappa shape index (κ3) is 5.87. The van der Waals surface area contributed by atoms with Gasteiger partial charge in [0, 0.05) is 24.0 Å². The molecule has 3 rings (SSSR count). The highest BCUT2D eigenvalue weighted by molar-refractivity contribution is 7.89. The maximum atomic E-state index is 12.6. The molecule has 0 radical (unpaired) electrons. The number of fused-ring (bicyclic) bond motifs is 1. The lowest BCUT2D eigenvalue weighted by atomic mass is 9.92. The molecule has 158 valence electrons. The van der Waals surface area contributed by atoms with Crippen LogP contribution in [0.4, 0.5) is 0 Å². The van der Waals surface area contributed by atoms with Crippen LogP contribution in [0.1, 0.15) is 66.9 Å². The molecule has 1 aliphatic carbocycles. The Labute approximate surface area is 177 Å². The minimum absolute atomic E-state index is 0.0855. The zero-order valence-corrected chi connectivity index (χ0v) is 18.7. The minimum Gasteiger partial charge on any atom is -0.347 e. The van der Waals surface area contributed by atoms with Gasteiger partial charge in [0.25, 0.3) is 0 Å². The van der Waals surface area contributed by atoms with Gasteiger partial charge in [-0.25, -0.2) is 18.1 Å². The number of rotatable bonds is 9. The van der Waals surface area contributed by atoms with Crippen molar-refractivity contribution in [2.24, 2.45) is 0 Å². The zero-order chi connectivity index (χ0) is 20.9. The molecule has 2 N–H and O–H groups in total. The number of carbonyl (C=O) groups excluding carboxylic acids is 1. The van der Waals surface area contributed by atoms with Gasteiger partial charge < -0.3 is 5.32 Å². The molecule has 1 atom stereocenters. The first-order valence-corrected chi connectivity index (χ1v) is 12.6. The molecule has 2 aromatic rings. The number of hydrogen-bond acceptors (Lipinski definition) is 5. The van der Waals surface area contributed by atoms with Crippen LogP contribution in [-0.4, -0.2) is 25.9 Å². The van der Waals surface area contributed by atoms with E-state index >= 15 is 0 Å². The van der Waals surface area contributed by atoms with Crippen LogP contribution < -0.4 is 10.0 Å². The zero-order valence-electron chi connectivity index (χ0n) is 17.0. The van der Waals surface area contributed by atoms with Crippen molar-refractivity contribution in [1.82, 2.24) is 15.0 Å². The van der Waals surface area contributed by atoms with Crippen LogP contribution in [0.5, 0.6) is 0 Å². The molecule has 8 heteroatoms. The first-order valence-electron chi connectivity index (χ1n) is 10.2. The van der Waals surface area contributed by atoms with E-state index in [0.29, 0.717) is 11.3 Å². The topological polar surface area (TPSA) is 88.2 Å². The Morgan fingerprint density at radius 1 is 1.24 bits per heavy atom. The molecular formula is C21H29N3O3S2. The molecule has 0 saturated heterocycles. The molecular weight excluding hydrogens is 406 g/mol. The molecule has 0 saturated carbocycles. The largest absolute Gasteiger partial charge is 0.347 e. The van der Waals surface area contributed by atoms with Crippen LogP contribution >= 0.6 is 11.3 Å². The van der Waals surface area contributed by atoms with Crippen LogP contribution in [0.3, 0.4) is 0 Å². The van der Waals surface area contributed by atoms with E-state index in [-0.39, 0.29) is 24.9 Å². The molecule has 0 spiro atoms. The molecule has 29 heavy (non-hydrogen) atoms. The summed E-state index contributed by atoms with van der Waals surface area (Å²) in [6, 6.07) is 5.32. The van der Waals surface area contributed by atoms with E-state index in [9.17, 15) is 13.2 Å². The summed E-state index contributed by atoms with van der Waals surface area (Å²) in [7, 11) is -3.55. The first-order chi connectivity index (χ1) is 13.9. The Bertz CT molecular complexity index is 954. The van der Waals surface area contributed by atoms with Crippen molar-refractivity contribution in [3.8, 4) is 0 Å². The van der Waals surface area contributed by atoms with Gasteiger partial charge in [-0.05, 0) is 68.7 Å². The van der Waals surface area contributed by atoms with E-state index in [0.717, 1.165) is 41.9 Å². The second-order valence-corrected chi connectivity index (χ2v) is 10.2. The van der Waals surface area contributed by atoms with Gasteiger partial charge >= 0.3 is 0 Å². The summed E-state index contributed by atoms with van der Waals surface area (Å²) >= 11 is 1.55. The van der Waals surface area contributed by atoms with Crippen molar-refractivity contribution >= 4 is 27.3 Å². The van der Waals surface area contributed by atoms with E-state index in [1.807, 2.05) is 25.3 Å². The number of benzene rings is 1. The van der Waals surface area contributed by atoms with Crippen molar-refractivity contribution < 1.29 is 13.2 Å². The normalized spacial score (nSPS) is 15.0. The summed E-state index contributed by atoms with van der Waals surface area (Å²) < 4.78 is 27.7.